The van der Waals surface area contributed by atoms with E-state index in [4.69, 9.17) is 28.4 Å². The Bertz CT molecular complexity index is 926. The van der Waals surface area contributed by atoms with E-state index in [1.54, 1.807) is 0 Å². The third-order valence-electron chi connectivity index (χ3n) is 9.11. The molecule has 0 bridgehead atoms. The fraction of sp³-hybridized carbons (Fsp3) is 0.857. The second kappa shape index (κ2) is 36.8. The summed E-state index contributed by atoms with van der Waals surface area (Å²) in [5.41, 5.74) is -1.33. The van der Waals surface area contributed by atoms with Crippen molar-refractivity contribution < 1.29 is 57.2 Å². The zero-order valence-corrected chi connectivity index (χ0v) is 34.1. The Hall–Kier alpha value is -3.18. The van der Waals surface area contributed by atoms with Crippen molar-refractivity contribution in [3.63, 3.8) is 0 Å². The number of unbranched alkanes of at least 4 members (excludes halogenated alkanes) is 16. The lowest BCUT2D eigenvalue weighted by Crippen LogP contribution is -2.43. The second-order valence-corrected chi connectivity index (χ2v) is 14.4. The van der Waals surface area contributed by atoms with Gasteiger partial charge in [-0.05, 0) is 44.9 Å². The molecule has 0 amide bonds. The van der Waals surface area contributed by atoms with Crippen LogP contribution < -0.4 is 0 Å². The second-order valence-electron chi connectivity index (χ2n) is 14.4. The van der Waals surface area contributed by atoms with E-state index in [1.807, 2.05) is 6.92 Å². The molecule has 0 atom stereocenters. The van der Waals surface area contributed by atoms with Crippen LogP contribution in [0, 0.1) is 5.41 Å². The third kappa shape index (κ3) is 32.3. The predicted molar refractivity (Wildman–Crippen MR) is 206 cm³/mol. The Labute approximate surface area is 325 Å². The van der Waals surface area contributed by atoms with Crippen LogP contribution in [0.1, 0.15) is 188 Å². The van der Waals surface area contributed by atoms with Crippen LogP contribution in [0.3, 0.4) is 0 Å². The van der Waals surface area contributed by atoms with E-state index >= 15 is 0 Å². The lowest BCUT2D eigenvalue weighted by atomic mass is 9.92. The summed E-state index contributed by atoms with van der Waals surface area (Å²) in [6, 6.07) is 0. The Morgan fingerprint density at radius 3 is 0.981 bits per heavy atom. The smallest absolute Gasteiger partial charge is 0.305 e. The maximum absolute atomic E-state index is 12.7. The Morgan fingerprint density at radius 1 is 0.370 bits per heavy atom. The first-order valence-electron chi connectivity index (χ1n) is 21.0. The molecule has 0 radical (unpaired) electrons. The molecule has 0 aliphatic carbocycles. The van der Waals surface area contributed by atoms with Gasteiger partial charge in [0.1, 0.15) is 31.8 Å². The lowest BCUT2D eigenvalue weighted by Gasteiger charge is -2.31. The van der Waals surface area contributed by atoms with Crippen molar-refractivity contribution in [1.82, 2.24) is 0 Å². The number of rotatable bonds is 39. The minimum Gasteiger partial charge on any atom is -0.467 e. The van der Waals surface area contributed by atoms with Crippen LogP contribution in [0.15, 0.2) is 0 Å². The van der Waals surface area contributed by atoms with Crippen molar-refractivity contribution in [3.05, 3.63) is 0 Å². The molecule has 0 saturated heterocycles. The molecular weight excluding hydrogens is 696 g/mol. The summed E-state index contributed by atoms with van der Waals surface area (Å²) in [4.78, 5) is 73.1. The molecule has 0 rings (SSSR count). The van der Waals surface area contributed by atoms with Gasteiger partial charge in [0.25, 0.3) is 6.47 Å². The van der Waals surface area contributed by atoms with Crippen LogP contribution in [-0.4, -0.2) is 76.0 Å². The maximum Gasteiger partial charge on any atom is 0.305 e. The van der Waals surface area contributed by atoms with Gasteiger partial charge in [0.15, 0.2) is 0 Å². The van der Waals surface area contributed by atoms with E-state index in [0.29, 0.717) is 45.3 Å². The molecule has 0 unspecified atom stereocenters. The fourth-order valence-corrected chi connectivity index (χ4v) is 5.61. The first-order valence-corrected chi connectivity index (χ1v) is 21.0. The average molecular weight is 771 g/mol. The Balaban J connectivity index is 4.79. The Kier molecular flexibility index (Phi) is 34.6. The van der Waals surface area contributed by atoms with Gasteiger partial charge in [-0.2, -0.15) is 0 Å². The van der Waals surface area contributed by atoms with E-state index in [2.05, 4.69) is 13.8 Å². The van der Waals surface area contributed by atoms with E-state index < -0.39 is 23.3 Å². The summed E-state index contributed by atoms with van der Waals surface area (Å²) in [6.45, 7) is 6.12. The number of hydrogen-bond acceptors (Lipinski definition) is 12. The van der Waals surface area contributed by atoms with Crippen LogP contribution in [-0.2, 0) is 57.2 Å². The summed E-state index contributed by atoms with van der Waals surface area (Å²) in [7, 11) is 0. The van der Waals surface area contributed by atoms with Crippen LogP contribution in [0.2, 0.25) is 0 Å². The van der Waals surface area contributed by atoms with Gasteiger partial charge in [0.05, 0.1) is 13.2 Å². The monoisotopic (exact) mass is 771 g/mol. The van der Waals surface area contributed by atoms with Crippen molar-refractivity contribution in [1.29, 1.82) is 0 Å². The predicted octanol–water partition coefficient (Wildman–Crippen LogP) is 9.06. The molecular formula is C42H74O12. The molecule has 0 aromatic rings. The normalized spacial score (nSPS) is 11.1. The van der Waals surface area contributed by atoms with E-state index in [1.165, 1.54) is 51.4 Å². The molecule has 0 N–H and O–H groups in total. The molecule has 0 spiro atoms. The number of carbonyl (C=O) groups excluding carboxylic acids is 6. The summed E-state index contributed by atoms with van der Waals surface area (Å²) < 4.78 is 32.1. The molecule has 0 aliphatic rings. The van der Waals surface area contributed by atoms with E-state index in [0.717, 1.165) is 51.4 Å². The van der Waals surface area contributed by atoms with Crippen LogP contribution in [0.25, 0.3) is 0 Å². The lowest BCUT2D eigenvalue weighted by molar-refractivity contribution is -0.168. The first-order chi connectivity index (χ1) is 26.2. The first kappa shape index (κ1) is 50.8. The molecule has 314 valence electrons. The zero-order valence-electron chi connectivity index (χ0n) is 34.1. The standard InChI is InChI=1S/C42H74O12/c1-4-7-10-12-14-16-23-30-50-37(44)26-19-21-28-40(47)53-34-42(32-49-36-43,33-52-39(46)25-18-9-6-3)35-54-41(48)29-22-20-27-38(45)51-31-24-17-15-13-11-8-5-2/h36H,4-35H2,1-3H3. The highest BCUT2D eigenvalue weighted by Crippen LogP contribution is 2.23. The number of ether oxygens (including phenoxy) is 6. The van der Waals surface area contributed by atoms with E-state index in [9.17, 15) is 28.8 Å². The topological polar surface area (TPSA) is 158 Å². The van der Waals surface area contributed by atoms with Crippen LogP contribution in [0.4, 0.5) is 0 Å². The molecule has 12 nitrogen and oxygen atoms in total. The number of hydrogen-bond donors (Lipinski definition) is 0. The van der Waals surface area contributed by atoms with Gasteiger partial charge in [-0.25, -0.2) is 0 Å². The zero-order chi connectivity index (χ0) is 40.0. The van der Waals surface area contributed by atoms with Crippen molar-refractivity contribution in [2.45, 2.75) is 188 Å². The third-order valence-corrected chi connectivity index (χ3v) is 9.11. The number of esters is 5. The van der Waals surface area contributed by atoms with Gasteiger partial charge in [-0.15, -0.1) is 0 Å². The van der Waals surface area contributed by atoms with Gasteiger partial charge in [-0.1, -0.05) is 111 Å². The molecule has 0 aromatic carbocycles. The highest BCUT2D eigenvalue weighted by molar-refractivity contribution is 5.71. The minimum atomic E-state index is -1.33. The summed E-state index contributed by atoms with van der Waals surface area (Å²) >= 11 is 0. The average Bonchev–Trinajstić information content (AvgIpc) is 3.16. The van der Waals surface area contributed by atoms with Crippen molar-refractivity contribution >= 4 is 36.3 Å². The molecule has 0 heterocycles. The molecule has 54 heavy (non-hydrogen) atoms. The quantitative estimate of drug-likeness (QED) is 0.0253. The molecule has 0 aromatic heterocycles. The molecule has 0 aliphatic heterocycles. The highest BCUT2D eigenvalue weighted by Gasteiger charge is 2.37. The maximum atomic E-state index is 12.7. The molecule has 12 heteroatoms. The van der Waals surface area contributed by atoms with Gasteiger partial charge < -0.3 is 28.4 Å². The van der Waals surface area contributed by atoms with E-state index in [-0.39, 0.29) is 76.9 Å². The van der Waals surface area contributed by atoms with Crippen molar-refractivity contribution in [3.8, 4) is 0 Å². The summed E-state index contributed by atoms with van der Waals surface area (Å²) in [5.74, 6) is -2.15. The summed E-state index contributed by atoms with van der Waals surface area (Å²) in [6.07, 6.45) is 20.7. The number of carbonyl (C=O) groups is 6. The summed E-state index contributed by atoms with van der Waals surface area (Å²) in [5, 5.41) is 0. The van der Waals surface area contributed by atoms with Gasteiger partial charge in [0.2, 0.25) is 0 Å². The van der Waals surface area contributed by atoms with Crippen molar-refractivity contribution in [2.75, 3.05) is 39.6 Å². The molecule has 0 fully saturated rings. The fourth-order valence-electron chi connectivity index (χ4n) is 5.61. The molecule has 0 saturated carbocycles. The minimum absolute atomic E-state index is 0.0354. The highest BCUT2D eigenvalue weighted by atomic mass is 16.6. The van der Waals surface area contributed by atoms with Gasteiger partial charge in [0, 0.05) is 32.1 Å². The van der Waals surface area contributed by atoms with Gasteiger partial charge in [-0.3, -0.25) is 28.8 Å². The van der Waals surface area contributed by atoms with Crippen LogP contribution >= 0.6 is 0 Å². The van der Waals surface area contributed by atoms with Crippen molar-refractivity contribution in [2.24, 2.45) is 5.41 Å². The largest absolute Gasteiger partial charge is 0.467 e. The SMILES string of the molecule is CCCCCCCCCOC(=O)CCCCC(=O)OCC(COC=O)(COC(=O)CCCCC)COC(=O)CCCCC(=O)OCCCCCCCCC. The van der Waals surface area contributed by atoms with Gasteiger partial charge >= 0.3 is 29.8 Å². The Morgan fingerprint density at radius 2 is 0.648 bits per heavy atom. The van der Waals surface area contributed by atoms with Crippen LogP contribution in [0.5, 0.6) is 0 Å².